The van der Waals surface area contributed by atoms with E-state index in [0.29, 0.717) is 31.6 Å². The van der Waals surface area contributed by atoms with E-state index >= 15 is 0 Å². The van der Waals surface area contributed by atoms with Crippen LogP contribution >= 0.6 is 0 Å². The maximum Gasteiger partial charge on any atom is 0.416 e. The Morgan fingerprint density at radius 1 is 1.15 bits per heavy atom. The lowest BCUT2D eigenvalue weighted by Gasteiger charge is -2.38. The number of halogens is 6. The van der Waals surface area contributed by atoms with Crippen LogP contribution in [0.5, 0.6) is 0 Å². The van der Waals surface area contributed by atoms with Crippen LogP contribution in [0.2, 0.25) is 0 Å². The lowest BCUT2D eigenvalue weighted by Crippen LogP contribution is -2.45. The van der Waals surface area contributed by atoms with Crippen LogP contribution in [0, 0.1) is 0 Å². The van der Waals surface area contributed by atoms with Crippen molar-refractivity contribution in [2.45, 2.75) is 30.6 Å². The van der Waals surface area contributed by atoms with Gasteiger partial charge in [0, 0.05) is 25.2 Å². The van der Waals surface area contributed by atoms with E-state index in [9.17, 15) is 31.1 Å². The number of carbonyl (C=O) groups is 1. The Hall–Kier alpha value is -1.81. The highest BCUT2D eigenvalue weighted by molar-refractivity contribution is 5.77. The molecule has 1 aliphatic rings. The second-order valence-electron chi connectivity index (χ2n) is 6.36. The zero-order valence-electron chi connectivity index (χ0n) is 14.3. The van der Waals surface area contributed by atoms with Crippen LogP contribution in [0.1, 0.15) is 24.0 Å². The molecule has 0 aliphatic carbocycles. The zero-order chi connectivity index (χ0) is 20.1. The van der Waals surface area contributed by atoms with Crippen molar-refractivity contribution in [2.75, 3.05) is 33.0 Å². The van der Waals surface area contributed by atoms with Crippen LogP contribution in [0.25, 0.3) is 0 Å². The van der Waals surface area contributed by atoms with Gasteiger partial charge in [-0.1, -0.05) is 18.2 Å². The molecule has 152 valence electrons. The Morgan fingerprint density at radius 3 is 2.41 bits per heavy atom. The lowest BCUT2D eigenvalue weighted by molar-refractivity contribution is -0.175. The molecule has 1 N–H and O–H groups in total. The first-order valence-corrected chi connectivity index (χ1v) is 8.19. The number of hydrogen-bond acceptors (Lipinski definition) is 3. The predicted octanol–water partition coefficient (Wildman–Crippen LogP) is 3.45. The van der Waals surface area contributed by atoms with Crippen molar-refractivity contribution in [3.63, 3.8) is 0 Å². The summed E-state index contributed by atoms with van der Waals surface area (Å²) in [4.78, 5) is 11.8. The fourth-order valence-electron chi connectivity index (χ4n) is 2.93. The molecule has 0 bridgehead atoms. The largest absolute Gasteiger partial charge is 0.416 e. The van der Waals surface area contributed by atoms with Gasteiger partial charge < -0.3 is 14.8 Å². The van der Waals surface area contributed by atoms with Gasteiger partial charge in [0.05, 0.1) is 5.56 Å². The van der Waals surface area contributed by atoms with Crippen molar-refractivity contribution in [1.82, 2.24) is 5.32 Å². The molecule has 0 aromatic heterocycles. The molecule has 1 fully saturated rings. The average molecular weight is 399 g/mol. The van der Waals surface area contributed by atoms with E-state index in [4.69, 9.17) is 4.74 Å². The number of nitrogens with one attached hydrogen (secondary N) is 1. The van der Waals surface area contributed by atoms with Gasteiger partial charge in [0.25, 0.3) is 0 Å². The summed E-state index contributed by atoms with van der Waals surface area (Å²) in [5, 5.41) is 2.47. The van der Waals surface area contributed by atoms with Crippen LogP contribution in [0.15, 0.2) is 24.3 Å². The summed E-state index contributed by atoms with van der Waals surface area (Å²) in [6.07, 6.45) is -8.30. The molecule has 1 saturated heterocycles. The highest BCUT2D eigenvalue weighted by Gasteiger charge is 2.37. The molecule has 1 aliphatic heterocycles. The molecule has 0 radical (unpaired) electrons. The standard InChI is InChI=1S/C17H19F6NO3/c18-16(19,20)11-27-9-14(25)24-10-15(4-6-26-7-5-15)12-2-1-3-13(8-12)17(21,22)23/h1-3,8H,4-7,9-11H2,(H,24,25). The van der Waals surface area contributed by atoms with Gasteiger partial charge in [-0.2, -0.15) is 26.3 Å². The van der Waals surface area contributed by atoms with Crippen molar-refractivity contribution in [3.05, 3.63) is 35.4 Å². The summed E-state index contributed by atoms with van der Waals surface area (Å²) < 4.78 is 84.7. The third-order valence-corrected chi connectivity index (χ3v) is 4.38. The summed E-state index contributed by atoms with van der Waals surface area (Å²) in [7, 11) is 0. The first-order chi connectivity index (χ1) is 12.5. The van der Waals surface area contributed by atoms with Crippen molar-refractivity contribution >= 4 is 5.91 Å². The molecule has 2 rings (SSSR count). The van der Waals surface area contributed by atoms with Crippen molar-refractivity contribution in [2.24, 2.45) is 0 Å². The smallest absolute Gasteiger partial charge is 0.381 e. The fraction of sp³-hybridized carbons (Fsp3) is 0.588. The maximum atomic E-state index is 13.0. The van der Waals surface area contributed by atoms with Crippen LogP contribution in [0.4, 0.5) is 26.3 Å². The van der Waals surface area contributed by atoms with Crippen LogP contribution in [-0.2, 0) is 25.9 Å². The van der Waals surface area contributed by atoms with Gasteiger partial charge in [0.15, 0.2) is 0 Å². The topological polar surface area (TPSA) is 47.6 Å². The normalized spacial score (nSPS) is 17.6. The van der Waals surface area contributed by atoms with E-state index in [0.717, 1.165) is 12.1 Å². The maximum absolute atomic E-state index is 13.0. The highest BCUT2D eigenvalue weighted by atomic mass is 19.4. The first kappa shape index (κ1) is 21.5. The molecule has 0 saturated carbocycles. The molecule has 10 heteroatoms. The minimum absolute atomic E-state index is 0.0219. The van der Waals surface area contributed by atoms with Gasteiger partial charge in [0.1, 0.15) is 13.2 Å². The number of carbonyl (C=O) groups excluding carboxylic acids is 1. The number of amides is 1. The number of rotatable bonds is 6. The molecule has 27 heavy (non-hydrogen) atoms. The molecule has 0 spiro atoms. The van der Waals surface area contributed by atoms with E-state index in [1.807, 2.05) is 0 Å². The average Bonchev–Trinajstić information content (AvgIpc) is 2.59. The van der Waals surface area contributed by atoms with Crippen molar-refractivity contribution < 1.29 is 40.6 Å². The minimum atomic E-state index is -4.54. The molecule has 1 aromatic rings. The molecular formula is C17H19F6NO3. The van der Waals surface area contributed by atoms with Gasteiger partial charge in [-0.05, 0) is 24.5 Å². The van der Waals surface area contributed by atoms with E-state index in [-0.39, 0.29) is 6.54 Å². The molecule has 4 nitrogen and oxygen atoms in total. The second kappa shape index (κ2) is 8.47. The fourth-order valence-corrected chi connectivity index (χ4v) is 2.93. The zero-order valence-corrected chi connectivity index (χ0v) is 14.3. The van der Waals surface area contributed by atoms with Gasteiger partial charge in [-0.25, -0.2) is 0 Å². The quantitative estimate of drug-likeness (QED) is 0.746. The highest BCUT2D eigenvalue weighted by Crippen LogP contribution is 2.37. The Bertz CT molecular complexity index is 638. The second-order valence-corrected chi connectivity index (χ2v) is 6.36. The summed E-state index contributed by atoms with van der Waals surface area (Å²) in [5.74, 6) is -0.767. The van der Waals surface area contributed by atoms with Crippen molar-refractivity contribution in [3.8, 4) is 0 Å². The third-order valence-electron chi connectivity index (χ3n) is 4.38. The Balaban J connectivity index is 2.07. The summed E-state index contributed by atoms with van der Waals surface area (Å²) in [6.45, 7) is -1.75. The number of alkyl halides is 6. The Morgan fingerprint density at radius 2 is 1.81 bits per heavy atom. The lowest BCUT2D eigenvalue weighted by atomic mass is 9.73. The van der Waals surface area contributed by atoms with Crippen LogP contribution < -0.4 is 5.32 Å². The first-order valence-electron chi connectivity index (χ1n) is 8.19. The van der Waals surface area contributed by atoms with Crippen LogP contribution in [-0.4, -0.2) is 45.1 Å². The minimum Gasteiger partial charge on any atom is -0.381 e. The Kier molecular flexibility index (Phi) is 6.74. The number of ether oxygens (including phenoxy) is 2. The molecule has 0 atom stereocenters. The summed E-state index contributed by atoms with van der Waals surface area (Å²) >= 11 is 0. The summed E-state index contributed by atoms with van der Waals surface area (Å²) in [5.41, 5.74) is -1.19. The van der Waals surface area contributed by atoms with Crippen LogP contribution in [0.3, 0.4) is 0 Å². The van der Waals surface area contributed by atoms with E-state index in [1.54, 1.807) is 6.07 Å². The van der Waals surface area contributed by atoms with E-state index in [1.165, 1.54) is 6.07 Å². The number of benzene rings is 1. The van der Waals surface area contributed by atoms with Gasteiger partial charge in [-0.15, -0.1) is 0 Å². The molecule has 0 unspecified atom stereocenters. The predicted molar refractivity (Wildman–Crippen MR) is 83.1 cm³/mol. The molecule has 1 aromatic carbocycles. The van der Waals surface area contributed by atoms with E-state index in [2.05, 4.69) is 10.1 Å². The van der Waals surface area contributed by atoms with Crippen molar-refractivity contribution in [1.29, 1.82) is 0 Å². The monoisotopic (exact) mass is 399 g/mol. The van der Waals surface area contributed by atoms with Gasteiger partial charge in [0.2, 0.25) is 5.91 Å². The molecular weight excluding hydrogens is 380 g/mol. The molecule has 1 amide bonds. The third kappa shape index (κ3) is 6.39. The Labute approximate surface area is 151 Å². The number of hydrogen-bond donors (Lipinski definition) is 1. The summed E-state index contributed by atoms with van der Waals surface area (Å²) in [6, 6.07) is 4.84. The van der Waals surface area contributed by atoms with Gasteiger partial charge in [-0.3, -0.25) is 4.79 Å². The van der Waals surface area contributed by atoms with E-state index < -0.39 is 42.5 Å². The SMILES string of the molecule is O=C(COCC(F)(F)F)NCC1(c2cccc(C(F)(F)F)c2)CCOCC1. The molecule has 1 heterocycles. The van der Waals surface area contributed by atoms with Gasteiger partial charge >= 0.3 is 12.4 Å².